The zero-order valence-corrected chi connectivity index (χ0v) is 13.7. The molecule has 6 heteroatoms. The molecular weight excluding hydrogens is 302 g/mol. The summed E-state index contributed by atoms with van der Waals surface area (Å²) in [6.07, 6.45) is 2.48. The maximum absolute atomic E-state index is 5.12. The fourth-order valence-corrected chi connectivity index (χ4v) is 3.81. The Morgan fingerprint density at radius 3 is 2.67 bits per heavy atom. The molecule has 0 aliphatic carbocycles. The molecule has 0 N–H and O–H groups in total. The van der Waals surface area contributed by atoms with E-state index in [0.29, 0.717) is 0 Å². The second-order valence-electron chi connectivity index (χ2n) is 4.64. The third-order valence-electron chi connectivity index (χ3n) is 3.05. The summed E-state index contributed by atoms with van der Waals surface area (Å²) in [6.45, 7) is 4.05. The minimum Gasteiger partial charge on any atom is -0.495 e. The van der Waals surface area contributed by atoms with Gasteiger partial charge in [0.2, 0.25) is 0 Å². The van der Waals surface area contributed by atoms with Gasteiger partial charge in [-0.15, -0.1) is 22.7 Å². The van der Waals surface area contributed by atoms with Gasteiger partial charge in [-0.05, 0) is 26.0 Å². The first-order valence-electron chi connectivity index (χ1n) is 6.53. The summed E-state index contributed by atoms with van der Waals surface area (Å²) >= 11 is 3.36. The van der Waals surface area contributed by atoms with Gasteiger partial charge in [-0.3, -0.25) is 4.98 Å². The molecule has 0 unspecified atom stereocenters. The van der Waals surface area contributed by atoms with Gasteiger partial charge in [0.25, 0.3) is 0 Å². The predicted molar refractivity (Wildman–Crippen MR) is 86.3 cm³/mol. The average molecular weight is 317 g/mol. The van der Waals surface area contributed by atoms with E-state index in [4.69, 9.17) is 9.72 Å². The van der Waals surface area contributed by atoms with Gasteiger partial charge in [0.15, 0.2) is 0 Å². The van der Waals surface area contributed by atoms with Gasteiger partial charge in [0.1, 0.15) is 5.75 Å². The quantitative estimate of drug-likeness (QED) is 0.733. The Morgan fingerprint density at radius 2 is 2.05 bits per heavy atom. The summed E-state index contributed by atoms with van der Waals surface area (Å²) < 4.78 is 5.12. The SMILES string of the molecule is COc1ccc(Cc2nc(-c3sc(C)nc3C)cs2)nc1. The lowest BCUT2D eigenvalue weighted by molar-refractivity contribution is 0.412. The van der Waals surface area contributed by atoms with Gasteiger partial charge in [-0.1, -0.05) is 0 Å². The molecule has 21 heavy (non-hydrogen) atoms. The molecule has 0 bridgehead atoms. The van der Waals surface area contributed by atoms with Crippen LogP contribution >= 0.6 is 22.7 Å². The Kier molecular flexibility index (Phi) is 3.98. The molecule has 108 valence electrons. The number of nitrogens with zero attached hydrogens (tertiary/aromatic N) is 3. The summed E-state index contributed by atoms with van der Waals surface area (Å²) in [7, 11) is 1.64. The van der Waals surface area contributed by atoms with E-state index in [1.54, 1.807) is 36.0 Å². The van der Waals surface area contributed by atoms with Crippen LogP contribution in [0, 0.1) is 13.8 Å². The summed E-state index contributed by atoms with van der Waals surface area (Å²) in [5, 5.41) is 4.24. The topological polar surface area (TPSA) is 47.9 Å². The highest BCUT2D eigenvalue weighted by atomic mass is 32.1. The van der Waals surface area contributed by atoms with E-state index in [0.717, 1.165) is 44.1 Å². The normalized spacial score (nSPS) is 10.8. The molecule has 3 heterocycles. The molecule has 3 aromatic heterocycles. The van der Waals surface area contributed by atoms with Crippen molar-refractivity contribution in [1.82, 2.24) is 15.0 Å². The molecule has 0 radical (unpaired) electrons. The Balaban J connectivity index is 1.80. The fourth-order valence-electron chi connectivity index (χ4n) is 2.06. The summed E-state index contributed by atoms with van der Waals surface area (Å²) in [6, 6.07) is 3.90. The van der Waals surface area contributed by atoms with Crippen molar-refractivity contribution in [2.45, 2.75) is 20.3 Å². The van der Waals surface area contributed by atoms with E-state index in [1.807, 2.05) is 26.0 Å². The number of hydrogen-bond donors (Lipinski definition) is 0. The number of hydrogen-bond acceptors (Lipinski definition) is 6. The second-order valence-corrected chi connectivity index (χ2v) is 6.79. The van der Waals surface area contributed by atoms with Crippen LogP contribution in [0.4, 0.5) is 0 Å². The van der Waals surface area contributed by atoms with Crippen molar-refractivity contribution in [3.8, 4) is 16.3 Å². The van der Waals surface area contributed by atoms with Gasteiger partial charge in [-0.2, -0.15) is 0 Å². The smallest absolute Gasteiger partial charge is 0.137 e. The standard InChI is InChI=1S/C15H15N3OS2/c1-9-15(21-10(2)17-9)13-8-20-14(18-13)6-11-4-5-12(19-3)7-16-11/h4-5,7-8H,6H2,1-3H3. The molecule has 0 saturated carbocycles. The van der Waals surface area contributed by atoms with Crippen LogP contribution in [0.2, 0.25) is 0 Å². The van der Waals surface area contributed by atoms with Crippen LogP contribution in [-0.2, 0) is 6.42 Å². The Bertz CT molecular complexity index is 747. The summed E-state index contributed by atoms with van der Waals surface area (Å²) in [5.74, 6) is 0.773. The summed E-state index contributed by atoms with van der Waals surface area (Å²) in [5.41, 5.74) is 3.07. The van der Waals surface area contributed by atoms with E-state index in [9.17, 15) is 0 Å². The molecule has 0 saturated heterocycles. The van der Waals surface area contributed by atoms with Crippen molar-refractivity contribution in [1.29, 1.82) is 0 Å². The van der Waals surface area contributed by atoms with Crippen LogP contribution < -0.4 is 4.74 Å². The molecule has 0 atom stereocenters. The number of ether oxygens (including phenoxy) is 1. The Hall–Kier alpha value is -1.79. The lowest BCUT2D eigenvalue weighted by Crippen LogP contribution is -1.92. The maximum Gasteiger partial charge on any atom is 0.137 e. The molecule has 0 aromatic carbocycles. The van der Waals surface area contributed by atoms with Crippen LogP contribution in [0.15, 0.2) is 23.7 Å². The Labute approximate surface area is 131 Å². The number of methoxy groups -OCH3 is 1. The van der Waals surface area contributed by atoms with Crippen LogP contribution in [0.5, 0.6) is 5.75 Å². The number of aryl methyl sites for hydroxylation is 2. The number of thiazole rings is 2. The number of rotatable bonds is 4. The first-order chi connectivity index (χ1) is 10.2. The molecule has 0 fully saturated rings. The van der Waals surface area contributed by atoms with E-state index in [-0.39, 0.29) is 0 Å². The number of aromatic nitrogens is 3. The molecule has 0 aliphatic rings. The monoisotopic (exact) mass is 317 g/mol. The van der Waals surface area contributed by atoms with Crippen molar-refractivity contribution in [2.75, 3.05) is 7.11 Å². The molecule has 0 aliphatic heterocycles. The average Bonchev–Trinajstić information content (AvgIpc) is 3.06. The van der Waals surface area contributed by atoms with Crippen molar-refractivity contribution in [3.63, 3.8) is 0 Å². The fraction of sp³-hybridized carbons (Fsp3) is 0.267. The highest BCUT2D eigenvalue weighted by Crippen LogP contribution is 2.31. The van der Waals surface area contributed by atoms with Gasteiger partial charge in [0, 0.05) is 17.5 Å². The third-order valence-corrected chi connectivity index (χ3v) is 5.00. The highest BCUT2D eigenvalue weighted by Gasteiger charge is 2.12. The Morgan fingerprint density at radius 1 is 1.19 bits per heavy atom. The van der Waals surface area contributed by atoms with Gasteiger partial charge in [0.05, 0.1) is 39.6 Å². The van der Waals surface area contributed by atoms with Crippen molar-refractivity contribution < 1.29 is 4.74 Å². The van der Waals surface area contributed by atoms with Crippen molar-refractivity contribution in [3.05, 3.63) is 45.1 Å². The van der Waals surface area contributed by atoms with E-state index >= 15 is 0 Å². The molecule has 0 spiro atoms. The highest BCUT2D eigenvalue weighted by molar-refractivity contribution is 7.15. The van der Waals surface area contributed by atoms with E-state index in [2.05, 4.69) is 15.3 Å². The molecule has 3 aromatic rings. The molecule has 4 nitrogen and oxygen atoms in total. The van der Waals surface area contributed by atoms with Gasteiger partial charge in [-0.25, -0.2) is 9.97 Å². The van der Waals surface area contributed by atoms with Gasteiger partial charge < -0.3 is 4.74 Å². The third kappa shape index (κ3) is 3.11. The van der Waals surface area contributed by atoms with Gasteiger partial charge >= 0.3 is 0 Å². The van der Waals surface area contributed by atoms with E-state index < -0.39 is 0 Å². The van der Waals surface area contributed by atoms with Crippen LogP contribution in [0.3, 0.4) is 0 Å². The van der Waals surface area contributed by atoms with Crippen molar-refractivity contribution in [2.24, 2.45) is 0 Å². The minimum atomic E-state index is 0.742. The summed E-state index contributed by atoms with van der Waals surface area (Å²) in [4.78, 5) is 14.7. The van der Waals surface area contributed by atoms with Crippen LogP contribution in [-0.4, -0.2) is 22.1 Å². The van der Waals surface area contributed by atoms with Crippen LogP contribution in [0.25, 0.3) is 10.6 Å². The second kappa shape index (κ2) is 5.91. The van der Waals surface area contributed by atoms with Crippen LogP contribution in [0.1, 0.15) is 21.4 Å². The molecule has 0 amide bonds. The first-order valence-corrected chi connectivity index (χ1v) is 8.23. The predicted octanol–water partition coefficient (Wildman–Crippen LogP) is 3.88. The largest absolute Gasteiger partial charge is 0.495 e. The van der Waals surface area contributed by atoms with Crippen molar-refractivity contribution >= 4 is 22.7 Å². The molecule has 3 rings (SSSR count). The lowest BCUT2D eigenvalue weighted by atomic mass is 10.3. The minimum absolute atomic E-state index is 0.742. The first kappa shape index (κ1) is 14.2. The van der Waals surface area contributed by atoms with E-state index in [1.165, 1.54) is 0 Å². The zero-order chi connectivity index (χ0) is 14.8. The zero-order valence-electron chi connectivity index (χ0n) is 12.1. The number of pyridine rings is 1. The molecular formula is C15H15N3OS2. The lowest BCUT2D eigenvalue weighted by Gasteiger charge is -2.00. The maximum atomic E-state index is 5.12.